The lowest BCUT2D eigenvalue weighted by Gasteiger charge is -2.36. The van der Waals surface area contributed by atoms with E-state index in [1.807, 2.05) is 19.1 Å². The van der Waals surface area contributed by atoms with Crippen LogP contribution in [0.15, 0.2) is 48.5 Å². The molecule has 2 aromatic carbocycles. The molecule has 4 nitrogen and oxygen atoms in total. The van der Waals surface area contributed by atoms with Gasteiger partial charge in [0.1, 0.15) is 0 Å². The van der Waals surface area contributed by atoms with Crippen molar-refractivity contribution in [3.05, 3.63) is 70.8 Å². The Labute approximate surface area is 141 Å². The van der Waals surface area contributed by atoms with Gasteiger partial charge in [0.25, 0.3) is 5.91 Å². The quantitative estimate of drug-likeness (QED) is 0.832. The Morgan fingerprint density at radius 3 is 2.25 bits per heavy atom. The number of rotatable bonds is 5. The highest BCUT2D eigenvalue weighted by Gasteiger charge is 2.34. The number of amides is 1. The van der Waals surface area contributed by atoms with Crippen LogP contribution in [0.25, 0.3) is 0 Å². The van der Waals surface area contributed by atoms with Crippen molar-refractivity contribution in [2.45, 2.75) is 31.8 Å². The van der Waals surface area contributed by atoms with E-state index in [-0.39, 0.29) is 18.2 Å². The van der Waals surface area contributed by atoms with E-state index in [4.69, 9.17) is 0 Å². The van der Waals surface area contributed by atoms with E-state index in [1.165, 1.54) is 0 Å². The molecule has 1 fully saturated rings. The summed E-state index contributed by atoms with van der Waals surface area (Å²) in [6, 6.07) is 14.1. The van der Waals surface area contributed by atoms with Gasteiger partial charge in [-0.2, -0.15) is 0 Å². The summed E-state index contributed by atoms with van der Waals surface area (Å²) in [6.45, 7) is 2.18. The predicted octanol–water partition coefficient (Wildman–Crippen LogP) is 2.87. The second-order valence-corrected chi connectivity index (χ2v) is 6.50. The number of carbonyl (C=O) groups is 2. The lowest BCUT2D eigenvalue weighted by Crippen LogP contribution is -2.47. The summed E-state index contributed by atoms with van der Waals surface area (Å²) < 4.78 is 0. The van der Waals surface area contributed by atoms with Gasteiger partial charge in [-0.05, 0) is 32.3 Å². The molecule has 0 aliphatic heterocycles. The lowest BCUT2D eigenvalue weighted by molar-refractivity contribution is -0.0300. The van der Waals surface area contributed by atoms with E-state index < -0.39 is 5.60 Å². The molecule has 4 heteroatoms. The minimum absolute atomic E-state index is 0.178. The molecule has 1 aliphatic carbocycles. The monoisotopic (exact) mass is 323 g/mol. The third-order valence-electron chi connectivity index (χ3n) is 4.59. The van der Waals surface area contributed by atoms with Gasteiger partial charge in [-0.1, -0.05) is 48.0 Å². The van der Waals surface area contributed by atoms with Crippen molar-refractivity contribution in [3.63, 3.8) is 0 Å². The van der Waals surface area contributed by atoms with Gasteiger partial charge < -0.3 is 10.4 Å². The van der Waals surface area contributed by atoms with Crippen molar-refractivity contribution < 1.29 is 14.7 Å². The molecular weight excluding hydrogens is 302 g/mol. The average Bonchev–Trinajstić information content (AvgIpc) is 2.58. The highest BCUT2D eigenvalue weighted by Crippen LogP contribution is 2.30. The van der Waals surface area contributed by atoms with Crippen LogP contribution in [0.5, 0.6) is 0 Å². The summed E-state index contributed by atoms with van der Waals surface area (Å²) in [5, 5.41) is 12.9. The average molecular weight is 323 g/mol. The van der Waals surface area contributed by atoms with Gasteiger partial charge in [-0.25, -0.2) is 0 Å². The molecule has 0 spiro atoms. The van der Waals surface area contributed by atoms with Crippen LogP contribution in [0, 0.1) is 6.92 Å². The zero-order chi connectivity index (χ0) is 17.2. The number of benzene rings is 2. The number of aryl methyl sites for hydroxylation is 1. The third-order valence-corrected chi connectivity index (χ3v) is 4.59. The summed E-state index contributed by atoms with van der Waals surface area (Å²) in [4.78, 5) is 25.2. The molecule has 0 heterocycles. The van der Waals surface area contributed by atoms with Crippen LogP contribution < -0.4 is 5.32 Å². The molecule has 0 bridgehead atoms. The van der Waals surface area contributed by atoms with Gasteiger partial charge in [0.15, 0.2) is 5.78 Å². The van der Waals surface area contributed by atoms with Gasteiger partial charge in [0.2, 0.25) is 0 Å². The Kier molecular flexibility index (Phi) is 4.49. The lowest BCUT2D eigenvalue weighted by atomic mass is 9.80. The largest absolute Gasteiger partial charge is 0.388 e. The first-order valence-electron chi connectivity index (χ1n) is 8.19. The van der Waals surface area contributed by atoms with E-state index in [1.54, 1.807) is 36.4 Å². The van der Waals surface area contributed by atoms with E-state index >= 15 is 0 Å². The minimum Gasteiger partial charge on any atom is -0.388 e. The van der Waals surface area contributed by atoms with Crippen molar-refractivity contribution >= 4 is 11.7 Å². The Morgan fingerprint density at radius 1 is 1.04 bits per heavy atom. The molecule has 0 atom stereocenters. The second kappa shape index (κ2) is 6.57. The molecule has 124 valence electrons. The van der Waals surface area contributed by atoms with Crippen LogP contribution in [-0.2, 0) is 0 Å². The molecule has 3 rings (SSSR count). The molecule has 1 aliphatic rings. The molecule has 0 saturated heterocycles. The molecule has 1 saturated carbocycles. The first-order valence-corrected chi connectivity index (χ1v) is 8.19. The Morgan fingerprint density at radius 2 is 1.67 bits per heavy atom. The van der Waals surface area contributed by atoms with Crippen LogP contribution in [0.4, 0.5) is 0 Å². The molecule has 1 amide bonds. The van der Waals surface area contributed by atoms with Gasteiger partial charge >= 0.3 is 0 Å². The fourth-order valence-corrected chi connectivity index (χ4v) is 2.84. The summed E-state index contributed by atoms with van der Waals surface area (Å²) in [6.07, 6.45) is 2.39. The van der Waals surface area contributed by atoms with Crippen molar-refractivity contribution in [1.29, 1.82) is 0 Å². The topological polar surface area (TPSA) is 66.4 Å². The second-order valence-electron chi connectivity index (χ2n) is 6.50. The summed E-state index contributed by atoms with van der Waals surface area (Å²) in [5.41, 5.74) is 1.56. The summed E-state index contributed by atoms with van der Waals surface area (Å²) >= 11 is 0. The first kappa shape index (κ1) is 16.4. The smallest absolute Gasteiger partial charge is 0.252 e. The van der Waals surface area contributed by atoms with Crippen LogP contribution in [0.3, 0.4) is 0 Å². The fraction of sp³-hybridized carbons (Fsp3) is 0.300. The predicted molar refractivity (Wildman–Crippen MR) is 92.2 cm³/mol. The SMILES string of the molecule is Cc1ccc(C(=O)c2ccccc2C(=O)NCC2(O)CCC2)cc1. The van der Waals surface area contributed by atoms with Crippen LogP contribution >= 0.6 is 0 Å². The number of hydrogen-bond acceptors (Lipinski definition) is 3. The van der Waals surface area contributed by atoms with Gasteiger partial charge in [-0.15, -0.1) is 0 Å². The molecule has 2 N–H and O–H groups in total. The normalized spacial score (nSPS) is 15.4. The zero-order valence-corrected chi connectivity index (χ0v) is 13.7. The Balaban J connectivity index is 1.80. The minimum atomic E-state index is -0.786. The molecule has 0 unspecified atom stereocenters. The standard InChI is InChI=1S/C20H21NO3/c1-14-7-9-15(10-8-14)18(22)16-5-2-3-6-17(16)19(23)21-13-20(24)11-4-12-20/h2-3,5-10,24H,4,11-13H2,1H3,(H,21,23). The van der Waals surface area contributed by atoms with E-state index in [2.05, 4.69) is 5.32 Å². The Bertz CT molecular complexity index is 761. The molecule has 2 aromatic rings. The van der Waals surface area contributed by atoms with Crippen LogP contribution in [-0.4, -0.2) is 28.9 Å². The van der Waals surface area contributed by atoms with Crippen LogP contribution in [0.2, 0.25) is 0 Å². The summed E-state index contributed by atoms with van der Waals surface area (Å²) in [7, 11) is 0. The molecule has 24 heavy (non-hydrogen) atoms. The number of carbonyl (C=O) groups excluding carboxylic acids is 2. The maximum atomic E-state index is 12.7. The number of nitrogens with one attached hydrogen (secondary N) is 1. The number of ketones is 1. The zero-order valence-electron chi connectivity index (χ0n) is 13.7. The molecule has 0 aromatic heterocycles. The maximum Gasteiger partial charge on any atom is 0.252 e. The highest BCUT2D eigenvalue weighted by molar-refractivity contribution is 6.15. The van der Waals surface area contributed by atoms with E-state index in [9.17, 15) is 14.7 Å². The van der Waals surface area contributed by atoms with E-state index in [0.29, 0.717) is 29.5 Å². The fourth-order valence-electron chi connectivity index (χ4n) is 2.84. The summed E-state index contributed by atoms with van der Waals surface area (Å²) in [5.74, 6) is -0.505. The van der Waals surface area contributed by atoms with Crippen molar-refractivity contribution in [2.24, 2.45) is 0 Å². The Hall–Kier alpha value is -2.46. The van der Waals surface area contributed by atoms with Gasteiger partial charge in [0.05, 0.1) is 11.2 Å². The van der Waals surface area contributed by atoms with Crippen molar-refractivity contribution in [1.82, 2.24) is 5.32 Å². The third kappa shape index (κ3) is 3.39. The van der Waals surface area contributed by atoms with Crippen molar-refractivity contribution in [2.75, 3.05) is 6.54 Å². The number of hydrogen-bond donors (Lipinski definition) is 2. The highest BCUT2D eigenvalue weighted by atomic mass is 16.3. The van der Waals surface area contributed by atoms with Gasteiger partial charge in [-0.3, -0.25) is 9.59 Å². The molecule has 0 radical (unpaired) electrons. The van der Waals surface area contributed by atoms with Crippen LogP contribution in [0.1, 0.15) is 51.1 Å². The molecular formula is C20H21NO3. The maximum absolute atomic E-state index is 12.7. The van der Waals surface area contributed by atoms with Gasteiger partial charge in [0, 0.05) is 17.7 Å². The van der Waals surface area contributed by atoms with E-state index in [0.717, 1.165) is 12.0 Å². The first-order chi connectivity index (χ1) is 11.5. The number of aliphatic hydroxyl groups is 1. The van der Waals surface area contributed by atoms with Crippen molar-refractivity contribution in [3.8, 4) is 0 Å².